The number of carbonyl (C=O) groups is 1. The number of piperazine rings is 1. The predicted molar refractivity (Wildman–Crippen MR) is 142 cm³/mol. The van der Waals surface area contributed by atoms with E-state index in [4.69, 9.17) is 9.57 Å². The largest absolute Gasteiger partial charge is 0.492 e. The van der Waals surface area contributed by atoms with Crippen molar-refractivity contribution in [2.75, 3.05) is 45.9 Å². The van der Waals surface area contributed by atoms with Crippen molar-refractivity contribution in [1.82, 2.24) is 14.4 Å². The molecule has 3 aliphatic heterocycles. The van der Waals surface area contributed by atoms with Gasteiger partial charge in [-0.05, 0) is 24.6 Å². The van der Waals surface area contributed by atoms with Gasteiger partial charge in [-0.2, -0.15) is 0 Å². The average molecular weight is 485 g/mol. The van der Waals surface area contributed by atoms with Crippen molar-refractivity contribution in [3.63, 3.8) is 0 Å². The Morgan fingerprint density at radius 2 is 1.83 bits per heavy atom. The van der Waals surface area contributed by atoms with Crippen LogP contribution in [-0.2, 0) is 4.84 Å². The van der Waals surface area contributed by atoms with Crippen LogP contribution in [0.15, 0.2) is 65.5 Å². The van der Waals surface area contributed by atoms with Crippen LogP contribution >= 0.6 is 0 Å². The van der Waals surface area contributed by atoms with E-state index >= 15 is 0 Å². The molecule has 0 N–H and O–H groups in total. The third-order valence-electron chi connectivity index (χ3n) is 7.50. The standard InChI is InChI=1S/C29H32N4O3/c1-20(14-22-6-4-3-5-7-22)17-31-10-12-32(13-11-31)18-28-25-19-35-27-16-26-23(8-9-33(26)21(2)34)15-24(27)29(25)30-36-28/h3-9,14-16,25,28H,10-13,17-19H2,1-2H3/b20-14+. The van der Waals surface area contributed by atoms with Gasteiger partial charge >= 0.3 is 0 Å². The Kier molecular flexibility index (Phi) is 6.11. The number of rotatable bonds is 5. The van der Waals surface area contributed by atoms with Crippen molar-refractivity contribution in [1.29, 1.82) is 0 Å². The van der Waals surface area contributed by atoms with E-state index in [-0.39, 0.29) is 17.9 Å². The van der Waals surface area contributed by atoms with E-state index < -0.39 is 0 Å². The van der Waals surface area contributed by atoms with Gasteiger partial charge in [-0.3, -0.25) is 19.2 Å². The van der Waals surface area contributed by atoms with Gasteiger partial charge in [0.15, 0.2) is 6.10 Å². The minimum Gasteiger partial charge on any atom is -0.492 e. The summed E-state index contributed by atoms with van der Waals surface area (Å²) in [5, 5.41) is 5.51. The Morgan fingerprint density at radius 3 is 2.61 bits per heavy atom. The molecule has 2 aromatic carbocycles. The molecule has 1 saturated heterocycles. The van der Waals surface area contributed by atoms with Crippen molar-refractivity contribution >= 4 is 28.6 Å². The SMILES string of the molecule is CC(=O)n1ccc2cc3c(cc21)OCC1C3=NOC1CN1CCN(C/C(C)=C/c2ccccc2)CC1. The fourth-order valence-electron chi connectivity index (χ4n) is 5.59. The molecular weight excluding hydrogens is 452 g/mol. The molecule has 1 fully saturated rings. The Morgan fingerprint density at radius 1 is 1.06 bits per heavy atom. The molecule has 0 spiro atoms. The van der Waals surface area contributed by atoms with E-state index in [1.54, 1.807) is 11.5 Å². The Hall–Kier alpha value is -3.42. The maximum Gasteiger partial charge on any atom is 0.227 e. The molecule has 0 amide bonds. The van der Waals surface area contributed by atoms with Crippen molar-refractivity contribution in [3.8, 4) is 5.75 Å². The Labute approximate surface area is 211 Å². The van der Waals surface area contributed by atoms with Gasteiger partial charge in [0.05, 0.1) is 11.4 Å². The smallest absolute Gasteiger partial charge is 0.227 e. The first-order chi connectivity index (χ1) is 17.5. The number of hydrogen-bond donors (Lipinski definition) is 0. The molecule has 2 unspecified atom stereocenters. The van der Waals surface area contributed by atoms with Crippen LogP contribution in [0.25, 0.3) is 17.0 Å². The van der Waals surface area contributed by atoms with Crippen LogP contribution in [0.3, 0.4) is 0 Å². The Balaban J connectivity index is 1.06. The fraction of sp³-hybridized carbons (Fsp3) is 0.379. The van der Waals surface area contributed by atoms with Gasteiger partial charge in [0.1, 0.15) is 18.1 Å². The molecular formula is C29H32N4O3. The highest BCUT2D eigenvalue weighted by Gasteiger charge is 2.41. The monoisotopic (exact) mass is 484 g/mol. The number of carbonyl (C=O) groups excluding carboxylic acids is 1. The van der Waals surface area contributed by atoms with Crippen LogP contribution in [0.4, 0.5) is 0 Å². The highest BCUT2D eigenvalue weighted by Crippen LogP contribution is 2.37. The van der Waals surface area contributed by atoms with Crippen LogP contribution in [0, 0.1) is 5.92 Å². The quantitative estimate of drug-likeness (QED) is 0.545. The number of aromatic nitrogens is 1. The second-order valence-corrected chi connectivity index (χ2v) is 10.1. The summed E-state index contributed by atoms with van der Waals surface area (Å²) in [5.74, 6) is 0.886. The predicted octanol–water partition coefficient (Wildman–Crippen LogP) is 4.13. The second-order valence-electron chi connectivity index (χ2n) is 10.1. The molecule has 7 heteroatoms. The van der Waals surface area contributed by atoms with Gasteiger partial charge in [-0.1, -0.05) is 47.1 Å². The molecule has 6 rings (SSSR count). The minimum atomic E-state index is -0.0114. The average Bonchev–Trinajstić information content (AvgIpc) is 3.48. The molecule has 0 saturated carbocycles. The first-order valence-electron chi connectivity index (χ1n) is 12.7. The van der Waals surface area contributed by atoms with Gasteiger partial charge in [-0.15, -0.1) is 0 Å². The molecule has 36 heavy (non-hydrogen) atoms. The zero-order valence-electron chi connectivity index (χ0n) is 20.9. The summed E-state index contributed by atoms with van der Waals surface area (Å²) in [7, 11) is 0. The molecule has 0 bridgehead atoms. The summed E-state index contributed by atoms with van der Waals surface area (Å²) < 4.78 is 7.81. The van der Waals surface area contributed by atoms with Gasteiger partial charge in [-0.25, -0.2) is 0 Å². The molecule has 186 valence electrons. The van der Waals surface area contributed by atoms with Crippen LogP contribution in [0.1, 0.15) is 29.8 Å². The number of hydrogen-bond acceptors (Lipinski definition) is 6. The highest BCUT2D eigenvalue weighted by molar-refractivity contribution is 6.09. The lowest BCUT2D eigenvalue weighted by molar-refractivity contribution is 0.0101. The number of benzene rings is 2. The number of oxime groups is 1. The highest BCUT2D eigenvalue weighted by atomic mass is 16.6. The van der Waals surface area contributed by atoms with Gasteiger partial charge in [0, 0.05) is 69.4 Å². The molecule has 3 aliphatic rings. The number of ether oxygens (including phenoxy) is 1. The molecule has 1 aromatic heterocycles. The molecule has 2 atom stereocenters. The molecule has 7 nitrogen and oxygen atoms in total. The summed E-state index contributed by atoms with van der Waals surface area (Å²) in [4.78, 5) is 22.9. The van der Waals surface area contributed by atoms with E-state index in [9.17, 15) is 4.79 Å². The lowest BCUT2D eigenvalue weighted by Crippen LogP contribution is -2.50. The summed E-state index contributed by atoms with van der Waals surface area (Å²) in [6, 6.07) is 16.5. The summed E-state index contributed by atoms with van der Waals surface area (Å²) in [6.45, 7) is 10.3. The lowest BCUT2D eigenvalue weighted by atomic mass is 9.89. The summed E-state index contributed by atoms with van der Waals surface area (Å²) in [5.41, 5.74) is 5.46. The number of fused-ring (bicyclic) bond motifs is 4. The number of nitrogens with zero attached hydrogens (tertiary/aromatic N) is 4. The third kappa shape index (κ3) is 4.45. The maximum absolute atomic E-state index is 11.9. The normalized spacial score (nSPS) is 22.5. The van der Waals surface area contributed by atoms with Crippen molar-refractivity contribution in [2.45, 2.75) is 20.0 Å². The van der Waals surface area contributed by atoms with Crippen LogP contribution < -0.4 is 4.74 Å². The van der Waals surface area contributed by atoms with Gasteiger partial charge in [0.25, 0.3) is 0 Å². The zero-order valence-corrected chi connectivity index (χ0v) is 20.9. The molecule has 4 heterocycles. The topological polar surface area (TPSA) is 59.3 Å². The lowest BCUT2D eigenvalue weighted by Gasteiger charge is -2.36. The third-order valence-corrected chi connectivity index (χ3v) is 7.50. The minimum absolute atomic E-state index is 0.00285. The van der Waals surface area contributed by atoms with Crippen LogP contribution in [-0.4, -0.2) is 78.0 Å². The van der Waals surface area contributed by atoms with E-state index in [0.29, 0.717) is 6.61 Å². The first-order valence-corrected chi connectivity index (χ1v) is 12.7. The fourth-order valence-corrected chi connectivity index (χ4v) is 5.59. The maximum atomic E-state index is 11.9. The summed E-state index contributed by atoms with van der Waals surface area (Å²) in [6.07, 6.45) is 4.09. The van der Waals surface area contributed by atoms with Crippen molar-refractivity contribution in [3.05, 3.63) is 71.4 Å². The zero-order chi connectivity index (χ0) is 24.6. The van der Waals surface area contributed by atoms with Gasteiger partial charge < -0.3 is 9.57 Å². The molecule has 0 radical (unpaired) electrons. The van der Waals surface area contributed by atoms with Crippen molar-refractivity contribution in [2.24, 2.45) is 11.1 Å². The summed E-state index contributed by atoms with van der Waals surface area (Å²) >= 11 is 0. The van der Waals surface area contributed by atoms with Crippen LogP contribution in [0.5, 0.6) is 5.75 Å². The Bertz CT molecular complexity index is 1340. The van der Waals surface area contributed by atoms with Gasteiger partial charge in [0.2, 0.25) is 5.91 Å². The molecule has 3 aromatic rings. The molecule has 0 aliphatic carbocycles. The van der Waals surface area contributed by atoms with E-state index in [2.05, 4.69) is 64.4 Å². The van der Waals surface area contributed by atoms with Crippen LogP contribution in [0.2, 0.25) is 0 Å². The first kappa shape index (κ1) is 23.0. The van der Waals surface area contributed by atoms with E-state index in [1.165, 1.54) is 11.1 Å². The van der Waals surface area contributed by atoms with E-state index in [1.807, 2.05) is 18.3 Å². The van der Waals surface area contributed by atoms with E-state index in [0.717, 1.165) is 67.2 Å². The van der Waals surface area contributed by atoms with Crippen molar-refractivity contribution < 1.29 is 14.4 Å². The second kappa shape index (κ2) is 9.56.